The first-order valence-electron chi connectivity index (χ1n) is 17.4. The van der Waals surface area contributed by atoms with Crippen LogP contribution in [0.2, 0.25) is 0 Å². The number of rotatable bonds is 13. The molecular weight excluding hydrogens is 484 g/mol. The first-order valence-corrected chi connectivity index (χ1v) is 17.4. The van der Waals surface area contributed by atoms with Gasteiger partial charge in [-0.1, -0.05) is 73.1 Å². The molecule has 0 N–H and O–H groups in total. The van der Waals surface area contributed by atoms with Crippen LogP contribution in [0, 0.1) is 29.6 Å². The summed E-state index contributed by atoms with van der Waals surface area (Å²) in [5.41, 5.74) is 0.309. The van der Waals surface area contributed by atoms with E-state index < -0.39 is 0 Å². The van der Waals surface area contributed by atoms with Gasteiger partial charge >= 0.3 is 0 Å². The first-order chi connectivity index (χ1) is 18.9. The topological polar surface area (TPSA) is 43.5 Å². The zero-order valence-corrected chi connectivity index (χ0v) is 26.9. The molecule has 4 heteroatoms. The number of hydrogen-bond donors (Lipinski definition) is 0. The molecule has 8 atom stereocenters. The molecule has 2 aliphatic heterocycles. The molecule has 6 aliphatic rings. The van der Waals surface area contributed by atoms with Gasteiger partial charge in [-0.05, 0) is 101 Å². The molecule has 4 saturated carbocycles. The lowest BCUT2D eigenvalue weighted by atomic mass is 9.76. The van der Waals surface area contributed by atoms with Crippen LogP contribution in [-0.4, -0.2) is 50.3 Å². The fourth-order valence-electron chi connectivity index (χ4n) is 6.40. The lowest BCUT2D eigenvalue weighted by molar-refractivity contribution is 0.114. The standard InChI is InChI=1S/C11H20O.C10H18.C7H14O2.C7H14O/c1-4-8(2)9-5-6-11(3)10(7-9)12-11;1-2-3-8-4-5-9-7-10(9)6-8;1-2-3-4-8-5-7-6-9-7;1-2-3-6-8-7-4-5-7/h8-10H,4-7H2,1-3H3;8-10H,2-7H2,1H3;7H,2-6H2,1H3;7H,2-6H2,1H3. The van der Waals surface area contributed by atoms with E-state index in [1.165, 1.54) is 88.9 Å². The van der Waals surface area contributed by atoms with Gasteiger partial charge in [0, 0.05) is 13.2 Å². The molecule has 230 valence electrons. The lowest BCUT2D eigenvalue weighted by Gasteiger charge is -2.26. The predicted molar refractivity (Wildman–Crippen MR) is 163 cm³/mol. The summed E-state index contributed by atoms with van der Waals surface area (Å²) in [6.07, 6.45) is 23.7. The van der Waals surface area contributed by atoms with Gasteiger partial charge in [-0.3, -0.25) is 0 Å². The second-order valence-corrected chi connectivity index (χ2v) is 13.9. The van der Waals surface area contributed by atoms with E-state index in [9.17, 15) is 0 Å². The molecule has 0 bridgehead atoms. The van der Waals surface area contributed by atoms with Gasteiger partial charge in [-0.25, -0.2) is 0 Å². The van der Waals surface area contributed by atoms with Crippen LogP contribution in [0.4, 0.5) is 0 Å². The molecule has 0 aromatic heterocycles. The monoisotopic (exact) mass is 550 g/mol. The highest BCUT2D eigenvalue weighted by atomic mass is 16.6. The van der Waals surface area contributed by atoms with Crippen molar-refractivity contribution in [2.24, 2.45) is 29.6 Å². The van der Waals surface area contributed by atoms with E-state index in [0.29, 0.717) is 23.9 Å². The van der Waals surface area contributed by atoms with Gasteiger partial charge < -0.3 is 18.9 Å². The summed E-state index contributed by atoms with van der Waals surface area (Å²) < 4.78 is 21.3. The Balaban J connectivity index is 0.000000145. The van der Waals surface area contributed by atoms with Crippen LogP contribution in [0.3, 0.4) is 0 Å². The average molecular weight is 551 g/mol. The van der Waals surface area contributed by atoms with Crippen molar-refractivity contribution in [3.05, 3.63) is 0 Å². The van der Waals surface area contributed by atoms with Crippen LogP contribution in [0.5, 0.6) is 0 Å². The highest BCUT2D eigenvalue weighted by Crippen LogP contribution is 2.52. The molecule has 39 heavy (non-hydrogen) atoms. The molecule has 2 saturated heterocycles. The Morgan fingerprint density at radius 3 is 2.18 bits per heavy atom. The van der Waals surface area contributed by atoms with Crippen molar-refractivity contribution in [3.8, 4) is 0 Å². The molecule has 0 amide bonds. The maximum absolute atomic E-state index is 5.69. The number of fused-ring (bicyclic) bond motifs is 2. The van der Waals surface area contributed by atoms with E-state index in [1.54, 1.807) is 25.7 Å². The summed E-state index contributed by atoms with van der Waals surface area (Å²) >= 11 is 0. The van der Waals surface area contributed by atoms with Crippen molar-refractivity contribution in [1.29, 1.82) is 0 Å². The number of unbranched alkanes of at least 4 members (excludes halogenated alkanes) is 2. The Morgan fingerprint density at radius 1 is 0.846 bits per heavy atom. The molecule has 4 aliphatic carbocycles. The third-order valence-corrected chi connectivity index (χ3v) is 10.1. The highest BCUT2D eigenvalue weighted by molar-refractivity contribution is 5.03. The van der Waals surface area contributed by atoms with Gasteiger partial charge in [0.15, 0.2) is 0 Å². The summed E-state index contributed by atoms with van der Waals surface area (Å²) in [4.78, 5) is 0. The van der Waals surface area contributed by atoms with Crippen LogP contribution >= 0.6 is 0 Å². The third kappa shape index (κ3) is 13.6. The molecule has 0 spiro atoms. The van der Waals surface area contributed by atoms with Crippen LogP contribution in [0.25, 0.3) is 0 Å². The molecule has 2 heterocycles. The van der Waals surface area contributed by atoms with Gasteiger partial charge in [0.1, 0.15) is 6.10 Å². The summed E-state index contributed by atoms with van der Waals surface area (Å²) in [6, 6.07) is 0. The Hall–Kier alpha value is -0.160. The molecule has 0 aromatic rings. The molecule has 6 rings (SSSR count). The van der Waals surface area contributed by atoms with E-state index in [2.05, 4.69) is 41.5 Å². The largest absolute Gasteiger partial charge is 0.379 e. The molecular formula is C35H66O4. The minimum Gasteiger partial charge on any atom is -0.379 e. The molecule has 0 radical (unpaired) electrons. The Morgan fingerprint density at radius 2 is 1.59 bits per heavy atom. The van der Waals surface area contributed by atoms with E-state index in [4.69, 9.17) is 18.9 Å². The number of hydrogen-bond acceptors (Lipinski definition) is 4. The summed E-state index contributed by atoms with van der Waals surface area (Å²) in [5, 5.41) is 0. The number of epoxide rings is 2. The highest BCUT2D eigenvalue weighted by Gasteiger charge is 2.55. The van der Waals surface area contributed by atoms with Crippen LogP contribution in [0.15, 0.2) is 0 Å². The van der Waals surface area contributed by atoms with Crippen molar-refractivity contribution >= 4 is 0 Å². The third-order valence-electron chi connectivity index (χ3n) is 10.1. The smallest absolute Gasteiger partial charge is 0.104 e. The van der Waals surface area contributed by atoms with Gasteiger partial charge in [0.2, 0.25) is 0 Å². The fraction of sp³-hybridized carbons (Fsp3) is 1.00. The minimum atomic E-state index is 0.309. The normalized spacial score (nSPS) is 35.8. The zero-order valence-electron chi connectivity index (χ0n) is 26.9. The Kier molecular flexibility index (Phi) is 15.1. The minimum absolute atomic E-state index is 0.309. The molecule has 8 unspecified atom stereocenters. The van der Waals surface area contributed by atoms with Crippen molar-refractivity contribution in [2.45, 2.75) is 168 Å². The van der Waals surface area contributed by atoms with Crippen LogP contribution in [-0.2, 0) is 18.9 Å². The van der Waals surface area contributed by atoms with E-state index in [-0.39, 0.29) is 0 Å². The van der Waals surface area contributed by atoms with E-state index in [0.717, 1.165) is 44.2 Å². The quantitative estimate of drug-likeness (QED) is 0.169. The second-order valence-electron chi connectivity index (χ2n) is 13.9. The number of ether oxygens (including phenoxy) is 4. The van der Waals surface area contributed by atoms with E-state index >= 15 is 0 Å². The maximum Gasteiger partial charge on any atom is 0.104 e. The summed E-state index contributed by atoms with van der Waals surface area (Å²) in [7, 11) is 0. The molecule has 6 fully saturated rings. The SMILES string of the molecule is CCC(C)C1CCC2(C)OC2C1.CCCC1CCC2CC2C1.CCCCOC1CC1.CCCCOCC1CO1. The second kappa shape index (κ2) is 17.7. The molecule has 0 aromatic carbocycles. The van der Waals surface area contributed by atoms with Crippen LogP contribution in [0.1, 0.15) is 144 Å². The first kappa shape index (κ1) is 33.3. The lowest BCUT2D eigenvalue weighted by Crippen LogP contribution is -2.24. The zero-order chi connectivity index (χ0) is 28.1. The average Bonchev–Trinajstić information content (AvgIpc) is 3.75. The predicted octanol–water partition coefficient (Wildman–Crippen LogP) is 9.38. The van der Waals surface area contributed by atoms with Crippen molar-refractivity contribution < 1.29 is 18.9 Å². The van der Waals surface area contributed by atoms with Crippen molar-refractivity contribution in [2.75, 3.05) is 26.4 Å². The Labute approximate surface area is 243 Å². The van der Waals surface area contributed by atoms with Gasteiger partial charge in [-0.15, -0.1) is 0 Å². The van der Waals surface area contributed by atoms with Crippen molar-refractivity contribution in [3.63, 3.8) is 0 Å². The van der Waals surface area contributed by atoms with Crippen molar-refractivity contribution in [1.82, 2.24) is 0 Å². The van der Waals surface area contributed by atoms with E-state index in [1.807, 2.05) is 0 Å². The van der Waals surface area contributed by atoms with Gasteiger partial charge in [0.25, 0.3) is 0 Å². The maximum atomic E-state index is 5.69. The Bertz CT molecular complexity index is 632. The van der Waals surface area contributed by atoms with Gasteiger partial charge in [-0.2, -0.15) is 0 Å². The summed E-state index contributed by atoms with van der Waals surface area (Å²) in [5.74, 6) is 5.33. The van der Waals surface area contributed by atoms with Crippen LogP contribution < -0.4 is 0 Å². The molecule has 4 nitrogen and oxygen atoms in total. The fourth-order valence-corrected chi connectivity index (χ4v) is 6.40. The summed E-state index contributed by atoms with van der Waals surface area (Å²) in [6.45, 7) is 17.2. The van der Waals surface area contributed by atoms with Gasteiger partial charge in [0.05, 0.1) is 31.0 Å².